The molecule has 6 nitrogen and oxygen atoms in total. The van der Waals surface area contributed by atoms with Crippen molar-refractivity contribution in [2.45, 2.75) is 25.3 Å². The van der Waals surface area contributed by atoms with Crippen LogP contribution >= 0.6 is 0 Å². The number of nitrogens with zero attached hydrogens (tertiary/aromatic N) is 4. The number of nitrogens with one attached hydrogen (secondary N) is 1. The largest absolute Gasteiger partial charge is 0.344 e. The third-order valence-electron chi connectivity index (χ3n) is 4.31. The zero-order chi connectivity index (χ0) is 17.1. The molecule has 0 radical (unpaired) electrons. The van der Waals surface area contributed by atoms with Gasteiger partial charge in [-0.25, -0.2) is 15.0 Å². The van der Waals surface area contributed by atoms with Crippen molar-refractivity contribution >= 4 is 5.91 Å². The molecule has 3 aromatic rings. The van der Waals surface area contributed by atoms with E-state index in [2.05, 4.69) is 20.3 Å². The third-order valence-corrected chi connectivity index (χ3v) is 4.31. The number of aryl methyl sites for hydroxylation is 1. The second kappa shape index (κ2) is 6.76. The second-order valence-corrected chi connectivity index (χ2v) is 5.97. The first-order valence-corrected chi connectivity index (χ1v) is 8.29. The molecule has 4 rings (SSSR count). The average Bonchev–Trinajstić information content (AvgIpc) is 2.69. The molecule has 0 saturated carbocycles. The highest BCUT2D eigenvalue weighted by Gasteiger charge is 2.24. The number of carbonyl (C=O) groups excluding carboxylic acids is 1. The Bertz CT molecular complexity index is 883. The highest BCUT2D eigenvalue weighted by atomic mass is 16.1. The molecule has 2 aromatic heterocycles. The molecule has 1 aromatic carbocycles. The van der Waals surface area contributed by atoms with E-state index >= 15 is 0 Å². The molecule has 0 bridgehead atoms. The predicted octanol–water partition coefficient (Wildman–Crippen LogP) is 2.74. The van der Waals surface area contributed by atoms with E-state index in [4.69, 9.17) is 4.98 Å². The Hall–Kier alpha value is -3.15. The fourth-order valence-electron chi connectivity index (χ4n) is 3.07. The Morgan fingerprint density at radius 3 is 2.76 bits per heavy atom. The zero-order valence-corrected chi connectivity index (χ0v) is 13.6. The third kappa shape index (κ3) is 3.24. The van der Waals surface area contributed by atoms with E-state index < -0.39 is 0 Å². The molecular weight excluding hydrogens is 314 g/mol. The van der Waals surface area contributed by atoms with E-state index in [1.807, 2.05) is 36.5 Å². The average molecular weight is 331 g/mol. The van der Waals surface area contributed by atoms with Gasteiger partial charge in [-0.1, -0.05) is 30.3 Å². The number of carbonyl (C=O) groups is 1. The first-order chi connectivity index (χ1) is 12.3. The molecule has 0 aliphatic heterocycles. The summed E-state index contributed by atoms with van der Waals surface area (Å²) >= 11 is 0. The summed E-state index contributed by atoms with van der Waals surface area (Å²) in [5.41, 5.74) is 3.31. The Balaban J connectivity index is 1.59. The number of amides is 1. The monoisotopic (exact) mass is 331 g/mol. The topological polar surface area (TPSA) is 80.7 Å². The highest BCUT2D eigenvalue weighted by molar-refractivity contribution is 5.92. The SMILES string of the molecule is O=C(N[C@@H]1CCCc2nc(-c3ccccc3)ncc21)c1cnccn1. The van der Waals surface area contributed by atoms with E-state index in [-0.39, 0.29) is 11.9 Å². The van der Waals surface area contributed by atoms with Crippen LogP contribution in [-0.4, -0.2) is 25.8 Å². The quantitative estimate of drug-likeness (QED) is 0.798. The molecule has 1 N–H and O–H groups in total. The van der Waals surface area contributed by atoms with Crippen LogP contribution in [0, 0.1) is 0 Å². The smallest absolute Gasteiger partial charge is 0.271 e. The maximum absolute atomic E-state index is 12.4. The van der Waals surface area contributed by atoms with Gasteiger partial charge in [0.15, 0.2) is 5.82 Å². The fraction of sp³-hybridized carbons (Fsp3) is 0.211. The van der Waals surface area contributed by atoms with E-state index in [0.29, 0.717) is 5.69 Å². The van der Waals surface area contributed by atoms with Crippen molar-refractivity contribution in [2.75, 3.05) is 0 Å². The summed E-state index contributed by atoms with van der Waals surface area (Å²) in [4.78, 5) is 29.6. The summed E-state index contributed by atoms with van der Waals surface area (Å²) in [6.45, 7) is 0. The lowest BCUT2D eigenvalue weighted by Gasteiger charge is -2.25. The van der Waals surface area contributed by atoms with Gasteiger partial charge in [0.2, 0.25) is 0 Å². The Morgan fingerprint density at radius 1 is 1.08 bits per heavy atom. The van der Waals surface area contributed by atoms with Crippen LogP contribution in [0.5, 0.6) is 0 Å². The number of rotatable bonds is 3. The Kier molecular flexibility index (Phi) is 4.16. The molecule has 1 amide bonds. The molecular formula is C19H17N5O. The molecule has 124 valence electrons. The minimum Gasteiger partial charge on any atom is -0.344 e. The highest BCUT2D eigenvalue weighted by Crippen LogP contribution is 2.29. The van der Waals surface area contributed by atoms with Gasteiger partial charge in [0.25, 0.3) is 5.91 Å². The number of aromatic nitrogens is 4. The standard InChI is InChI=1S/C19H17N5O/c25-19(17-12-20-9-10-21-17)24-16-8-4-7-15-14(16)11-22-18(23-15)13-5-2-1-3-6-13/h1-3,5-6,9-12,16H,4,7-8H2,(H,24,25)/t16-/m1/s1. The molecule has 2 heterocycles. The second-order valence-electron chi connectivity index (χ2n) is 5.97. The van der Waals surface area contributed by atoms with Crippen LogP contribution in [0.25, 0.3) is 11.4 Å². The van der Waals surface area contributed by atoms with Crippen LogP contribution in [0.3, 0.4) is 0 Å². The van der Waals surface area contributed by atoms with Crippen molar-refractivity contribution in [2.24, 2.45) is 0 Å². The van der Waals surface area contributed by atoms with Crippen molar-refractivity contribution in [3.63, 3.8) is 0 Å². The molecule has 0 saturated heterocycles. The molecule has 0 spiro atoms. The summed E-state index contributed by atoms with van der Waals surface area (Å²) in [6, 6.07) is 9.82. The van der Waals surface area contributed by atoms with Gasteiger partial charge in [-0.2, -0.15) is 0 Å². The summed E-state index contributed by atoms with van der Waals surface area (Å²) in [5.74, 6) is 0.498. The van der Waals surface area contributed by atoms with E-state index in [1.165, 1.54) is 12.4 Å². The van der Waals surface area contributed by atoms with Gasteiger partial charge in [0.05, 0.1) is 12.2 Å². The summed E-state index contributed by atoms with van der Waals surface area (Å²) < 4.78 is 0. The van der Waals surface area contributed by atoms with Gasteiger partial charge < -0.3 is 5.32 Å². The minimum atomic E-state index is -0.224. The van der Waals surface area contributed by atoms with Crippen molar-refractivity contribution in [3.8, 4) is 11.4 Å². The molecule has 1 aliphatic carbocycles. The van der Waals surface area contributed by atoms with Gasteiger partial charge in [-0.15, -0.1) is 0 Å². The number of hydrogen-bond donors (Lipinski definition) is 1. The summed E-state index contributed by atoms with van der Waals surface area (Å²) in [6.07, 6.45) is 9.11. The maximum atomic E-state index is 12.4. The molecule has 25 heavy (non-hydrogen) atoms. The molecule has 1 aliphatic rings. The predicted molar refractivity (Wildman–Crippen MR) is 92.6 cm³/mol. The van der Waals surface area contributed by atoms with Crippen LogP contribution in [-0.2, 0) is 6.42 Å². The zero-order valence-electron chi connectivity index (χ0n) is 13.6. The van der Waals surface area contributed by atoms with Crippen LogP contribution in [0.2, 0.25) is 0 Å². The van der Waals surface area contributed by atoms with Crippen molar-refractivity contribution < 1.29 is 4.79 Å². The van der Waals surface area contributed by atoms with Gasteiger partial charge in [-0.05, 0) is 19.3 Å². The maximum Gasteiger partial charge on any atom is 0.271 e. The number of fused-ring (bicyclic) bond motifs is 1. The van der Waals surface area contributed by atoms with Gasteiger partial charge >= 0.3 is 0 Å². The lowest BCUT2D eigenvalue weighted by Crippen LogP contribution is -2.32. The van der Waals surface area contributed by atoms with E-state index in [0.717, 1.165) is 41.9 Å². The van der Waals surface area contributed by atoms with E-state index in [1.54, 1.807) is 6.20 Å². The Morgan fingerprint density at radius 2 is 1.96 bits per heavy atom. The summed E-state index contributed by atoms with van der Waals surface area (Å²) in [5, 5.41) is 3.03. The lowest BCUT2D eigenvalue weighted by molar-refractivity contribution is 0.0927. The van der Waals surface area contributed by atoms with Gasteiger partial charge in [0.1, 0.15) is 5.69 Å². The van der Waals surface area contributed by atoms with E-state index in [9.17, 15) is 4.79 Å². The first-order valence-electron chi connectivity index (χ1n) is 8.29. The Labute approximate surface area is 145 Å². The minimum absolute atomic E-state index is 0.0944. The molecule has 0 unspecified atom stereocenters. The molecule has 0 fully saturated rings. The first kappa shape index (κ1) is 15.4. The number of hydrogen-bond acceptors (Lipinski definition) is 5. The normalized spacial score (nSPS) is 16.1. The fourth-order valence-corrected chi connectivity index (χ4v) is 3.07. The van der Waals surface area contributed by atoms with Crippen molar-refractivity contribution in [1.82, 2.24) is 25.3 Å². The lowest BCUT2D eigenvalue weighted by atomic mass is 9.92. The van der Waals surface area contributed by atoms with Crippen molar-refractivity contribution in [3.05, 3.63) is 72.1 Å². The van der Waals surface area contributed by atoms with Crippen LogP contribution in [0.4, 0.5) is 0 Å². The molecule has 6 heteroatoms. The van der Waals surface area contributed by atoms with Gasteiger partial charge in [0, 0.05) is 35.4 Å². The van der Waals surface area contributed by atoms with Crippen LogP contribution < -0.4 is 5.32 Å². The van der Waals surface area contributed by atoms with Crippen LogP contribution in [0.1, 0.15) is 40.6 Å². The van der Waals surface area contributed by atoms with Crippen molar-refractivity contribution in [1.29, 1.82) is 0 Å². The number of benzene rings is 1. The van der Waals surface area contributed by atoms with Gasteiger partial charge in [-0.3, -0.25) is 9.78 Å². The molecule has 1 atom stereocenters. The van der Waals surface area contributed by atoms with Crippen LogP contribution in [0.15, 0.2) is 55.1 Å². The summed E-state index contributed by atoms with van der Waals surface area (Å²) in [7, 11) is 0.